The minimum absolute atomic E-state index is 0.554. The van der Waals surface area contributed by atoms with E-state index in [4.69, 9.17) is 0 Å². The Morgan fingerprint density at radius 2 is 2.05 bits per heavy atom. The first-order valence-corrected chi connectivity index (χ1v) is 8.00. The van der Waals surface area contributed by atoms with Gasteiger partial charge in [0.2, 0.25) is 0 Å². The molecule has 1 atom stereocenters. The molecule has 0 aliphatic carbocycles. The second kappa shape index (κ2) is 8.72. The highest BCUT2D eigenvalue weighted by atomic mass is 79.9. The Hall–Kier alpha value is -0.380. The van der Waals surface area contributed by atoms with Crippen LogP contribution in [0, 0.1) is 0 Å². The van der Waals surface area contributed by atoms with Crippen LogP contribution in [0.4, 0.5) is 0 Å². The number of benzene rings is 1. The summed E-state index contributed by atoms with van der Waals surface area (Å²) < 4.78 is 1.16. The first-order chi connectivity index (χ1) is 9.02. The average Bonchev–Trinajstić information content (AvgIpc) is 2.34. The molecule has 19 heavy (non-hydrogen) atoms. The maximum atomic E-state index is 3.56. The SMILES string of the molecule is CCCC(CNC(C)C)N(C)Cc1cccc(Br)c1. The van der Waals surface area contributed by atoms with E-state index < -0.39 is 0 Å². The fourth-order valence-corrected chi connectivity index (χ4v) is 2.68. The molecule has 0 fully saturated rings. The van der Waals surface area contributed by atoms with Crippen molar-refractivity contribution in [2.24, 2.45) is 0 Å². The fourth-order valence-electron chi connectivity index (χ4n) is 2.24. The molecule has 0 radical (unpaired) electrons. The zero-order chi connectivity index (χ0) is 14.3. The fraction of sp³-hybridized carbons (Fsp3) is 0.625. The van der Waals surface area contributed by atoms with Crippen LogP contribution in [-0.2, 0) is 6.54 Å². The summed E-state index contributed by atoms with van der Waals surface area (Å²) >= 11 is 3.54. The van der Waals surface area contributed by atoms with Crippen LogP contribution in [-0.4, -0.2) is 30.6 Å². The summed E-state index contributed by atoms with van der Waals surface area (Å²) in [5, 5.41) is 3.56. The molecule has 0 aliphatic rings. The molecule has 2 nitrogen and oxygen atoms in total. The van der Waals surface area contributed by atoms with E-state index in [0.29, 0.717) is 12.1 Å². The van der Waals surface area contributed by atoms with Crippen molar-refractivity contribution in [2.45, 2.75) is 52.2 Å². The molecular weight excluding hydrogens is 300 g/mol. The third-order valence-electron chi connectivity index (χ3n) is 3.33. The Bertz CT molecular complexity index is 366. The standard InChI is InChI=1S/C16H27BrN2/c1-5-7-16(11-18-13(2)3)19(4)12-14-8-6-9-15(17)10-14/h6,8-10,13,16,18H,5,7,11-12H2,1-4H3. The third kappa shape index (κ3) is 6.55. The van der Waals surface area contributed by atoms with Crippen LogP contribution in [0.3, 0.4) is 0 Å². The minimum atomic E-state index is 0.554. The summed E-state index contributed by atoms with van der Waals surface area (Å²) in [5.74, 6) is 0. The van der Waals surface area contributed by atoms with Gasteiger partial charge in [0, 0.05) is 29.6 Å². The van der Waals surface area contributed by atoms with Gasteiger partial charge in [-0.1, -0.05) is 55.3 Å². The van der Waals surface area contributed by atoms with E-state index in [0.717, 1.165) is 17.6 Å². The van der Waals surface area contributed by atoms with Gasteiger partial charge in [-0.2, -0.15) is 0 Å². The Kier molecular flexibility index (Phi) is 7.66. The number of hydrogen-bond acceptors (Lipinski definition) is 2. The molecule has 1 aromatic carbocycles. The quantitative estimate of drug-likeness (QED) is 0.775. The molecule has 0 aliphatic heterocycles. The number of halogens is 1. The van der Waals surface area contributed by atoms with E-state index in [2.05, 4.69) is 78.2 Å². The summed E-state index contributed by atoms with van der Waals surface area (Å²) in [5.41, 5.74) is 1.36. The topological polar surface area (TPSA) is 15.3 Å². The summed E-state index contributed by atoms with van der Waals surface area (Å²) in [6, 6.07) is 9.74. The highest BCUT2D eigenvalue weighted by molar-refractivity contribution is 9.10. The van der Waals surface area contributed by atoms with Crippen molar-refractivity contribution in [2.75, 3.05) is 13.6 Å². The maximum absolute atomic E-state index is 3.56. The number of rotatable bonds is 8. The lowest BCUT2D eigenvalue weighted by atomic mass is 10.1. The third-order valence-corrected chi connectivity index (χ3v) is 3.82. The van der Waals surface area contributed by atoms with E-state index in [1.54, 1.807) is 0 Å². The minimum Gasteiger partial charge on any atom is -0.313 e. The van der Waals surface area contributed by atoms with Gasteiger partial charge in [-0.25, -0.2) is 0 Å². The molecule has 1 aromatic rings. The van der Waals surface area contributed by atoms with Crippen LogP contribution in [0.2, 0.25) is 0 Å². The van der Waals surface area contributed by atoms with E-state index in [1.165, 1.54) is 18.4 Å². The molecule has 108 valence electrons. The zero-order valence-corrected chi connectivity index (χ0v) is 14.2. The number of nitrogens with zero attached hydrogens (tertiary/aromatic N) is 1. The van der Waals surface area contributed by atoms with Crippen molar-refractivity contribution >= 4 is 15.9 Å². The van der Waals surface area contributed by atoms with Crippen LogP contribution in [0.25, 0.3) is 0 Å². The molecule has 1 rings (SSSR count). The van der Waals surface area contributed by atoms with Crippen LogP contribution in [0.1, 0.15) is 39.2 Å². The van der Waals surface area contributed by atoms with E-state index in [1.807, 2.05) is 0 Å². The van der Waals surface area contributed by atoms with E-state index in [-0.39, 0.29) is 0 Å². The van der Waals surface area contributed by atoms with Gasteiger partial charge in [0.1, 0.15) is 0 Å². The maximum Gasteiger partial charge on any atom is 0.0234 e. The Morgan fingerprint density at radius 1 is 1.32 bits per heavy atom. The van der Waals surface area contributed by atoms with Crippen LogP contribution >= 0.6 is 15.9 Å². The Labute approximate surface area is 126 Å². The summed E-state index contributed by atoms with van der Waals surface area (Å²) in [4.78, 5) is 2.46. The highest BCUT2D eigenvalue weighted by Gasteiger charge is 2.14. The summed E-state index contributed by atoms with van der Waals surface area (Å²) in [6.45, 7) is 8.74. The van der Waals surface area contributed by atoms with Crippen molar-refractivity contribution in [1.82, 2.24) is 10.2 Å². The van der Waals surface area contributed by atoms with Gasteiger partial charge in [-0.15, -0.1) is 0 Å². The number of nitrogens with one attached hydrogen (secondary N) is 1. The molecular formula is C16H27BrN2. The first kappa shape index (κ1) is 16.7. The predicted octanol–water partition coefficient (Wildman–Crippen LogP) is 4.05. The monoisotopic (exact) mass is 326 g/mol. The van der Waals surface area contributed by atoms with Gasteiger partial charge in [0.05, 0.1) is 0 Å². The molecule has 3 heteroatoms. The van der Waals surface area contributed by atoms with E-state index >= 15 is 0 Å². The van der Waals surface area contributed by atoms with Gasteiger partial charge < -0.3 is 5.32 Å². The summed E-state index contributed by atoms with van der Waals surface area (Å²) in [7, 11) is 2.23. The van der Waals surface area contributed by atoms with Gasteiger partial charge in [0.15, 0.2) is 0 Å². The molecule has 1 N–H and O–H groups in total. The second-order valence-corrected chi connectivity index (χ2v) is 6.47. The normalized spacial score (nSPS) is 13.2. The molecule has 1 unspecified atom stereocenters. The van der Waals surface area contributed by atoms with Gasteiger partial charge in [-0.3, -0.25) is 4.90 Å². The number of hydrogen-bond donors (Lipinski definition) is 1. The molecule has 0 heterocycles. The molecule has 0 bridgehead atoms. The lowest BCUT2D eigenvalue weighted by Crippen LogP contribution is -2.41. The van der Waals surface area contributed by atoms with Crippen LogP contribution in [0.5, 0.6) is 0 Å². The Balaban J connectivity index is 2.57. The van der Waals surface area contributed by atoms with Crippen molar-refractivity contribution in [3.8, 4) is 0 Å². The largest absolute Gasteiger partial charge is 0.313 e. The zero-order valence-electron chi connectivity index (χ0n) is 12.6. The van der Waals surface area contributed by atoms with Crippen LogP contribution < -0.4 is 5.32 Å². The van der Waals surface area contributed by atoms with Gasteiger partial charge >= 0.3 is 0 Å². The lowest BCUT2D eigenvalue weighted by molar-refractivity contribution is 0.211. The highest BCUT2D eigenvalue weighted by Crippen LogP contribution is 2.15. The lowest BCUT2D eigenvalue weighted by Gasteiger charge is -2.29. The second-order valence-electron chi connectivity index (χ2n) is 5.55. The summed E-state index contributed by atoms with van der Waals surface area (Å²) in [6.07, 6.45) is 2.47. The predicted molar refractivity (Wildman–Crippen MR) is 87.4 cm³/mol. The van der Waals surface area contributed by atoms with Crippen molar-refractivity contribution in [3.63, 3.8) is 0 Å². The molecule has 0 amide bonds. The van der Waals surface area contributed by atoms with Crippen molar-refractivity contribution in [3.05, 3.63) is 34.3 Å². The molecule has 0 saturated carbocycles. The molecule has 0 spiro atoms. The Morgan fingerprint density at radius 3 is 2.63 bits per heavy atom. The number of likely N-dealkylation sites (N-methyl/N-ethyl adjacent to an activating group) is 1. The van der Waals surface area contributed by atoms with Crippen molar-refractivity contribution < 1.29 is 0 Å². The van der Waals surface area contributed by atoms with Gasteiger partial charge in [0.25, 0.3) is 0 Å². The van der Waals surface area contributed by atoms with Gasteiger partial charge in [-0.05, 0) is 31.2 Å². The smallest absolute Gasteiger partial charge is 0.0234 e. The molecule has 0 saturated heterocycles. The molecule has 0 aromatic heterocycles. The van der Waals surface area contributed by atoms with E-state index in [9.17, 15) is 0 Å². The average molecular weight is 327 g/mol. The first-order valence-electron chi connectivity index (χ1n) is 7.21. The van der Waals surface area contributed by atoms with Crippen molar-refractivity contribution in [1.29, 1.82) is 0 Å². The van der Waals surface area contributed by atoms with Crippen LogP contribution in [0.15, 0.2) is 28.7 Å².